The number of amidine groups is 1. The highest BCUT2D eigenvalue weighted by atomic mass is 19.1. The molecule has 5 N–H and O–H groups in total. The molecule has 0 atom stereocenters. The van der Waals surface area contributed by atoms with Gasteiger partial charge in [-0.2, -0.15) is 9.49 Å². The van der Waals surface area contributed by atoms with Crippen molar-refractivity contribution >= 4 is 17.5 Å². The van der Waals surface area contributed by atoms with Crippen LogP contribution in [0.5, 0.6) is 0 Å². The van der Waals surface area contributed by atoms with Gasteiger partial charge in [-0.3, -0.25) is 15.0 Å². The smallest absolute Gasteiger partial charge is 0.207 e. The molecule has 1 saturated heterocycles. The van der Waals surface area contributed by atoms with Crippen LogP contribution in [0.4, 0.5) is 20.4 Å². The van der Waals surface area contributed by atoms with E-state index in [4.69, 9.17) is 11.7 Å². The molecule has 0 unspecified atom stereocenters. The molecule has 1 aliphatic rings. The van der Waals surface area contributed by atoms with Gasteiger partial charge >= 0.3 is 0 Å². The molecule has 0 spiro atoms. The van der Waals surface area contributed by atoms with Gasteiger partial charge in [-0.25, -0.2) is 20.2 Å². The van der Waals surface area contributed by atoms with Gasteiger partial charge in [0.25, 0.3) is 0 Å². The van der Waals surface area contributed by atoms with E-state index in [0.29, 0.717) is 30.1 Å². The molecule has 1 aliphatic heterocycles. The van der Waals surface area contributed by atoms with Gasteiger partial charge in [0, 0.05) is 36.7 Å². The fourth-order valence-corrected chi connectivity index (χ4v) is 3.36. The number of nitrogens with zero attached hydrogens (tertiary/aromatic N) is 7. The van der Waals surface area contributed by atoms with E-state index in [1.54, 1.807) is 23.2 Å². The monoisotopic (exact) mass is 440 g/mol. The third kappa shape index (κ3) is 4.39. The number of hydrogen-bond acceptors (Lipinski definition) is 9. The van der Waals surface area contributed by atoms with Crippen molar-refractivity contribution in [2.75, 3.05) is 29.9 Å². The van der Waals surface area contributed by atoms with E-state index in [0.717, 1.165) is 5.69 Å². The number of pyridine rings is 2. The Kier molecular flexibility index (Phi) is 6.03. The van der Waals surface area contributed by atoms with Crippen LogP contribution in [-0.2, 0) is 6.54 Å². The van der Waals surface area contributed by atoms with Gasteiger partial charge in [-0.05, 0) is 30.7 Å². The zero-order chi connectivity index (χ0) is 22.7. The maximum Gasteiger partial charge on any atom is 0.207 e. The Hall–Kier alpha value is -3.93. The Morgan fingerprint density at radius 1 is 1.16 bits per heavy atom. The van der Waals surface area contributed by atoms with Crippen LogP contribution in [0, 0.1) is 18.6 Å². The van der Waals surface area contributed by atoms with Crippen LogP contribution in [0.1, 0.15) is 11.3 Å². The zero-order valence-electron chi connectivity index (χ0n) is 17.3. The minimum absolute atomic E-state index is 0.00865. The molecule has 4 rings (SSSR count). The molecule has 0 aliphatic carbocycles. The van der Waals surface area contributed by atoms with Crippen molar-refractivity contribution in [1.29, 1.82) is 0 Å². The van der Waals surface area contributed by atoms with E-state index in [1.807, 2.05) is 6.92 Å². The molecule has 12 heteroatoms. The van der Waals surface area contributed by atoms with E-state index in [9.17, 15) is 4.39 Å². The van der Waals surface area contributed by atoms with Crippen molar-refractivity contribution in [2.24, 2.45) is 16.8 Å². The van der Waals surface area contributed by atoms with Crippen molar-refractivity contribution in [2.45, 2.75) is 13.5 Å². The van der Waals surface area contributed by atoms with Gasteiger partial charge in [-0.1, -0.05) is 0 Å². The van der Waals surface area contributed by atoms with Gasteiger partial charge in [-0.15, -0.1) is 0 Å². The molecular weight excluding hydrogens is 418 g/mol. The maximum atomic E-state index is 15.0. The minimum Gasteiger partial charge on any atom is -0.363 e. The predicted octanol–water partition coefficient (Wildman–Crippen LogP) is 1.40. The second-order valence-corrected chi connectivity index (χ2v) is 7.23. The summed E-state index contributed by atoms with van der Waals surface area (Å²) in [6.07, 6.45) is 4.39. The largest absolute Gasteiger partial charge is 0.363 e. The van der Waals surface area contributed by atoms with Gasteiger partial charge in [0.05, 0.1) is 13.1 Å². The lowest BCUT2D eigenvalue weighted by molar-refractivity contribution is 0.410. The number of anilines is 2. The lowest BCUT2D eigenvalue weighted by atomic mass is 10.1. The number of piperazine rings is 1. The van der Waals surface area contributed by atoms with Crippen molar-refractivity contribution in [3.05, 3.63) is 59.8 Å². The van der Waals surface area contributed by atoms with Gasteiger partial charge in [0.2, 0.25) is 5.82 Å². The summed E-state index contributed by atoms with van der Waals surface area (Å²) < 4.78 is 29.7. The Morgan fingerprint density at radius 2 is 2.00 bits per heavy atom. The van der Waals surface area contributed by atoms with Crippen LogP contribution in [-0.4, -0.2) is 50.4 Å². The number of halogens is 2. The number of hydrazone groups is 1. The number of nitrogens with one attached hydrogen (secondary N) is 1. The first-order valence-electron chi connectivity index (χ1n) is 9.82. The number of hydrazine groups is 1. The normalized spacial score (nSPS) is 15.3. The first kappa shape index (κ1) is 21.3. The molecule has 3 aromatic heterocycles. The Balaban J connectivity index is 1.49. The highest BCUT2D eigenvalue weighted by molar-refractivity contribution is 5.87. The lowest BCUT2D eigenvalue weighted by Gasteiger charge is -2.34. The minimum atomic E-state index is -0.633. The van der Waals surface area contributed by atoms with Crippen LogP contribution >= 0.6 is 0 Å². The molecule has 1 fully saturated rings. The van der Waals surface area contributed by atoms with Crippen LogP contribution < -0.4 is 21.9 Å². The summed E-state index contributed by atoms with van der Waals surface area (Å²) in [6, 6.07) is 4.81. The van der Waals surface area contributed by atoms with Gasteiger partial charge in [0.1, 0.15) is 17.8 Å². The summed E-state index contributed by atoms with van der Waals surface area (Å²) in [5.74, 6) is 10.5. The standard InChI is InChI=1S/C20H22F2N10/c1-12-6-14(2-3-25-12)18-15(21)7-13(8-26-18)9-27-19-17(22)20(29-11-28-19)31-4-5-32(24)16(10-31)30-23/h2-3,6-8,11H,4-5,9-10,23-24H2,1H3,(H,27,28,29)/b30-16-. The average Bonchev–Trinajstić information content (AvgIpc) is 2.79. The number of nitrogens with two attached hydrogens (primary N) is 2. The summed E-state index contributed by atoms with van der Waals surface area (Å²) in [7, 11) is 0. The number of aryl methyl sites for hydroxylation is 1. The summed E-state index contributed by atoms with van der Waals surface area (Å²) in [6.45, 7) is 3.01. The zero-order valence-corrected chi connectivity index (χ0v) is 17.3. The van der Waals surface area contributed by atoms with E-state index < -0.39 is 11.6 Å². The molecule has 0 saturated carbocycles. The third-order valence-electron chi connectivity index (χ3n) is 5.02. The summed E-state index contributed by atoms with van der Waals surface area (Å²) in [4.78, 5) is 18.0. The first-order valence-corrected chi connectivity index (χ1v) is 9.82. The molecule has 32 heavy (non-hydrogen) atoms. The molecule has 0 amide bonds. The lowest BCUT2D eigenvalue weighted by Crippen LogP contribution is -2.54. The molecule has 166 valence electrons. The SMILES string of the molecule is Cc1cc(-c2ncc(CNc3ncnc(N4CCN(N)/C(=N\N)C4)c3F)cc2F)ccn1. The fourth-order valence-electron chi connectivity index (χ4n) is 3.36. The molecular formula is C20H22F2N10. The van der Waals surface area contributed by atoms with E-state index in [2.05, 4.69) is 30.4 Å². The van der Waals surface area contributed by atoms with Crippen LogP contribution in [0.2, 0.25) is 0 Å². The quantitative estimate of drug-likeness (QED) is 0.397. The Labute approximate surface area is 183 Å². The summed E-state index contributed by atoms with van der Waals surface area (Å²) in [5, 5.41) is 7.91. The molecule has 0 aromatic carbocycles. The number of rotatable bonds is 5. The first-order chi connectivity index (χ1) is 15.5. The van der Waals surface area contributed by atoms with Gasteiger partial charge < -0.3 is 16.1 Å². The third-order valence-corrected chi connectivity index (χ3v) is 5.02. The Bertz CT molecular complexity index is 1150. The second-order valence-electron chi connectivity index (χ2n) is 7.23. The maximum absolute atomic E-state index is 15.0. The van der Waals surface area contributed by atoms with Crippen molar-refractivity contribution < 1.29 is 8.78 Å². The summed E-state index contributed by atoms with van der Waals surface area (Å²) in [5.41, 5.74) is 2.17. The van der Waals surface area contributed by atoms with E-state index >= 15 is 4.39 Å². The van der Waals surface area contributed by atoms with Gasteiger partial charge in [0.15, 0.2) is 17.5 Å². The number of hydrogen-bond donors (Lipinski definition) is 3. The second kappa shape index (κ2) is 9.06. The topological polar surface area (TPSA) is 134 Å². The van der Waals surface area contributed by atoms with Crippen LogP contribution in [0.15, 0.2) is 42.0 Å². The van der Waals surface area contributed by atoms with E-state index in [-0.39, 0.29) is 30.4 Å². The predicted molar refractivity (Wildman–Crippen MR) is 116 cm³/mol. The average molecular weight is 440 g/mol. The molecule has 3 aromatic rings. The van der Waals surface area contributed by atoms with Crippen molar-refractivity contribution in [3.8, 4) is 11.3 Å². The summed E-state index contributed by atoms with van der Waals surface area (Å²) >= 11 is 0. The molecule has 0 bridgehead atoms. The highest BCUT2D eigenvalue weighted by Gasteiger charge is 2.25. The van der Waals surface area contributed by atoms with E-state index in [1.165, 1.54) is 23.6 Å². The molecule has 10 nitrogen and oxygen atoms in total. The molecule has 0 radical (unpaired) electrons. The van der Waals surface area contributed by atoms with Crippen LogP contribution in [0.3, 0.4) is 0 Å². The Morgan fingerprint density at radius 3 is 2.75 bits per heavy atom. The van der Waals surface area contributed by atoms with Crippen LogP contribution in [0.25, 0.3) is 11.3 Å². The highest BCUT2D eigenvalue weighted by Crippen LogP contribution is 2.24. The fraction of sp³-hybridized carbons (Fsp3) is 0.250. The number of aromatic nitrogens is 4. The van der Waals surface area contributed by atoms with Crippen molar-refractivity contribution in [1.82, 2.24) is 24.9 Å². The molecule has 4 heterocycles. The van der Waals surface area contributed by atoms with Crippen molar-refractivity contribution in [3.63, 3.8) is 0 Å².